The van der Waals surface area contributed by atoms with Crippen molar-refractivity contribution < 1.29 is 9.18 Å². The van der Waals surface area contributed by atoms with Crippen LogP contribution in [0.4, 0.5) is 33.6 Å². The second-order valence-electron chi connectivity index (χ2n) is 10.7. The minimum absolute atomic E-state index is 0.166. The number of para-hydroxylation sites is 1. The second kappa shape index (κ2) is 15.6. The predicted octanol–water partition coefficient (Wildman–Crippen LogP) is 5.92. The Morgan fingerprint density at radius 2 is 1.41 bits per heavy atom. The van der Waals surface area contributed by atoms with Crippen molar-refractivity contribution in [1.29, 1.82) is 0 Å². The van der Waals surface area contributed by atoms with Crippen LogP contribution in [0.2, 0.25) is 0 Å². The summed E-state index contributed by atoms with van der Waals surface area (Å²) in [4.78, 5) is 26.2. The van der Waals surface area contributed by atoms with E-state index >= 15 is 0 Å². The van der Waals surface area contributed by atoms with Crippen LogP contribution in [0, 0.1) is 11.7 Å². The van der Waals surface area contributed by atoms with Crippen molar-refractivity contribution in [3.05, 3.63) is 95.8 Å². The molecule has 1 amide bonds. The van der Waals surface area contributed by atoms with Crippen molar-refractivity contribution in [3.8, 4) is 0 Å². The number of rotatable bonds is 11. The molecular weight excluding hydrogens is 577 g/mol. The lowest BCUT2D eigenvalue weighted by atomic mass is 9.89. The van der Waals surface area contributed by atoms with E-state index in [1.165, 1.54) is 44.2 Å². The second-order valence-corrected chi connectivity index (χ2v) is 11.1. The van der Waals surface area contributed by atoms with Crippen LogP contribution < -0.4 is 32.1 Å². The molecule has 1 aliphatic carbocycles. The lowest BCUT2D eigenvalue weighted by Crippen LogP contribution is -2.44. The van der Waals surface area contributed by atoms with Crippen LogP contribution in [-0.2, 0) is 17.8 Å². The minimum Gasteiger partial charge on any atom is -0.354 e. The molecular formula is C32H36FN9OS. The number of hydrogen-bond donors (Lipinski definition) is 6. The van der Waals surface area contributed by atoms with E-state index in [1.807, 2.05) is 54.6 Å². The number of aromatic nitrogens is 3. The molecule has 10 nitrogen and oxygen atoms in total. The molecule has 228 valence electrons. The summed E-state index contributed by atoms with van der Waals surface area (Å²) >= 11 is 5.23. The molecule has 0 radical (unpaired) electrons. The van der Waals surface area contributed by atoms with E-state index in [2.05, 4.69) is 47.1 Å². The summed E-state index contributed by atoms with van der Waals surface area (Å²) in [7, 11) is 0. The zero-order chi connectivity index (χ0) is 30.6. The van der Waals surface area contributed by atoms with Crippen LogP contribution in [0.5, 0.6) is 0 Å². The number of halogens is 1. The first-order valence-electron chi connectivity index (χ1n) is 14.7. The number of nitrogens with one attached hydrogen (secondary N) is 6. The fourth-order valence-electron chi connectivity index (χ4n) is 4.88. The Hall–Kier alpha value is -4.84. The number of hydrogen-bond acceptors (Lipinski definition) is 8. The molecule has 1 fully saturated rings. The van der Waals surface area contributed by atoms with E-state index in [4.69, 9.17) is 12.2 Å². The summed E-state index contributed by atoms with van der Waals surface area (Å²) in [6.45, 7) is 1.24. The summed E-state index contributed by atoms with van der Waals surface area (Å²) in [6.07, 6.45) is 6.39. The Morgan fingerprint density at radius 1 is 0.750 bits per heavy atom. The van der Waals surface area contributed by atoms with E-state index in [9.17, 15) is 9.18 Å². The highest BCUT2D eigenvalue weighted by molar-refractivity contribution is 7.80. The van der Waals surface area contributed by atoms with Gasteiger partial charge in [-0.05, 0) is 78.5 Å². The van der Waals surface area contributed by atoms with Gasteiger partial charge in [-0.15, -0.1) is 0 Å². The number of hydrazine groups is 1. The molecule has 0 spiro atoms. The van der Waals surface area contributed by atoms with Gasteiger partial charge in [-0.3, -0.25) is 15.6 Å². The van der Waals surface area contributed by atoms with E-state index in [-0.39, 0.29) is 18.1 Å². The van der Waals surface area contributed by atoms with E-state index in [0.29, 0.717) is 35.4 Å². The summed E-state index contributed by atoms with van der Waals surface area (Å²) in [5.74, 6) is 1.35. The van der Waals surface area contributed by atoms with Gasteiger partial charge in [-0.2, -0.15) is 15.0 Å². The standard InChI is InChI=1S/C32H36FN9OS/c33-25-15-11-24(12-16-25)21-35-30-38-29(34-20-23-7-3-1-4-8-23)39-31(40-30)36-27-17-13-22(14-18-27)19-28(43)41-42-32(44)37-26-9-5-2-6-10-26/h2,5-6,9-18,23H,1,3-4,7-8,19-21H2,(H,41,43)(H2,37,42,44)(H3,34,35,36,38,39,40). The van der Waals surface area contributed by atoms with Crippen molar-refractivity contribution in [3.63, 3.8) is 0 Å². The SMILES string of the molecule is O=C(Cc1ccc(Nc2nc(NCc3ccc(F)cc3)nc(NCC3CCCCC3)n2)cc1)NNC(=S)Nc1ccccc1. The number of nitrogens with zero attached hydrogens (tertiary/aromatic N) is 3. The molecule has 0 saturated heterocycles. The first kappa shape index (κ1) is 30.6. The molecule has 0 bridgehead atoms. The fraction of sp³-hybridized carbons (Fsp3) is 0.281. The van der Waals surface area contributed by atoms with Crippen LogP contribution >= 0.6 is 12.2 Å². The topological polar surface area (TPSA) is 128 Å². The van der Waals surface area contributed by atoms with Gasteiger partial charge < -0.3 is 21.3 Å². The molecule has 4 aromatic rings. The zero-order valence-electron chi connectivity index (χ0n) is 24.3. The number of carbonyl (C=O) groups excluding carboxylic acids is 1. The molecule has 1 saturated carbocycles. The Balaban J connectivity index is 1.17. The highest BCUT2D eigenvalue weighted by atomic mass is 32.1. The summed E-state index contributed by atoms with van der Waals surface area (Å²) in [5.41, 5.74) is 8.64. The fourth-order valence-corrected chi connectivity index (χ4v) is 5.04. The number of anilines is 5. The maximum atomic E-state index is 13.3. The number of benzene rings is 3. The average Bonchev–Trinajstić information content (AvgIpc) is 3.04. The maximum absolute atomic E-state index is 13.3. The zero-order valence-corrected chi connectivity index (χ0v) is 25.1. The van der Waals surface area contributed by atoms with Crippen molar-refractivity contribution in [1.82, 2.24) is 25.8 Å². The van der Waals surface area contributed by atoms with Gasteiger partial charge in [0.1, 0.15) is 5.82 Å². The van der Waals surface area contributed by atoms with Gasteiger partial charge in [0.25, 0.3) is 0 Å². The number of carbonyl (C=O) groups is 1. The molecule has 6 N–H and O–H groups in total. The van der Waals surface area contributed by atoms with E-state index in [0.717, 1.165) is 29.0 Å². The number of amides is 1. The Kier molecular flexibility index (Phi) is 10.8. The van der Waals surface area contributed by atoms with Crippen LogP contribution in [0.1, 0.15) is 43.2 Å². The van der Waals surface area contributed by atoms with Crippen LogP contribution in [0.15, 0.2) is 78.9 Å². The van der Waals surface area contributed by atoms with Crippen molar-refractivity contribution >= 4 is 52.5 Å². The Morgan fingerprint density at radius 3 is 2.14 bits per heavy atom. The van der Waals surface area contributed by atoms with Crippen molar-refractivity contribution in [2.45, 2.75) is 45.1 Å². The summed E-state index contributed by atoms with van der Waals surface area (Å²) in [6, 6.07) is 23.2. The molecule has 12 heteroatoms. The highest BCUT2D eigenvalue weighted by Crippen LogP contribution is 2.24. The maximum Gasteiger partial charge on any atom is 0.242 e. The predicted molar refractivity (Wildman–Crippen MR) is 176 cm³/mol. The van der Waals surface area contributed by atoms with Gasteiger partial charge in [0.2, 0.25) is 23.8 Å². The molecule has 44 heavy (non-hydrogen) atoms. The van der Waals surface area contributed by atoms with Gasteiger partial charge >= 0.3 is 0 Å². The Bertz CT molecular complexity index is 1520. The molecule has 1 aromatic heterocycles. The molecule has 3 aromatic carbocycles. The molecule has 0 unspecified atom stereocenters. The van der Waals surface area contributed by atoms with Crippen LogP contribution in [0.3, 0.4) is 0 Å². The third-order valence-electron chi connectivity index (χ3n) is 7.19. The molecule has 0 atom stereocenters. The first-order chi connectivity index (χ1) is 21.5. The van der Waals surface area contributed by atoms with Crippen molar-refractivity contribution in [2.24, 2.45) is 5.92 Å². The molecule has 0 aliphatic heterocycles. The summed E-state index contributed by atoms with van der Waals surface area (Å²) < 4.78 is 13.3. The quantitative estimate of drug-likeness (QED) is 0.0896. The van der Waals surface area contributed by atoms with Gasteiger partial charge in [0.05, 0.1) is 6.42 Å². The lowest BCUT2D eigenvalue weighted by molar-refractivity contribution is -0.121. The summed E-state index contributed by atoms with van der Waals surface area (Å²) in [5, 5.41) is 13.1. The lowest BCUT2D eigenvalue weighted by Gasteiger charge is -2.21. The Labute approximate surface area is 261 Å². The van der Waals surface area contributed by atoms with Gasteiger partial charge in [0.15, 0.2) is 5.11 Å². The van der Waals surface area contributed by atoms with Gasteiger partial charge in [-0.1, -0.05) is 61.7 Å². The highest BCUT2D eigenvalue weighted by Gasteiger charge is 2.15. The third kappa shape index (κ3) is 9.87. The van der Waals surface area contributed by atoms with Crippen LogP contribution in [0.25, 0.3) is 0 Å². The smallest absolute Gasteiger partial charge is 0.242 e. The van der Waals surface area contributed by atoms with Crippen LogP contribution in [-0.4, -0.2) is 32.5 Å². The van der Waals surface area contributed by atoms with E-state index in [1.54, 1.807) is 12.1 Å². The van der Waals surface area contributed by atoms with E-state index < -0.39 is 0 Å². The monoisotopic (exact) mass is 613 g/mol. The molecule has 1 aliphatic rings. The normalized spacial score (nSPS) is 13.0. The minimum atomic E-state index is -0.279. The average molecular weight is 614 g/mol. The number of thiocarbonyl (C=S) groups is 1. The first-order valence-corrected chi connectivity index (χ1v) is 15.1. The largest absolute Gasteiger partial charge is 0.354 e. The van der Waals surface area contributed by atoms with Gasteiger partial charge in [-0.25, -0.2) is 4.39 Å². The van der Waals surface area contributed by atoms with Crippen molar-refractivity contribution in [2.75, 3.05) is 27.8 Å². The van der Waals surface area contributed by atoms with Gasteiger partial charge in [0, 0.05) is 24.5 Å². The molecule has 1 heterocycles. The molecule has 5 rings (SSSR count). The third-order valence-corrected chi connectivity index (χ3v) is 7.40.